The van der Waals surface area contributed by atoms with E-state index in [1.807, 2.05) is 0 Å². The second-order valence-corrected chi connectivity index (χ2v) is 5.69. The number of anilines is 1. The van der Waals surface area contributed by atoms with Crippen molar-refractivity contribution < 1.29 is 23.1 Å². The van der Waals surface area contributed by atoms with Crippen LogP contribution >= 0.6 is 0 Å². The summed E-state index contributed by atoms with van der Waals surface area (Å²) in [5.74, 6) is -0.513. The van der Waals surface area contributed by atoms with Crippen molar-refractivity contribution in [2.75, 3.05) is 11.9 Å². The minimum Gasteiger partial charge on any atom is -0.489 e. The van der Waals surface area contributed by atoms with Crippen LogP contribution in [0.15, 0.2) is 71.5 Å². The molecular weight excluding hydrogens is 351 g/mol. The number of benzene rings is 2. The zero-order valence-electron chi connectivity index (χ0n) is 14.3. The molecule has 0 spiro atoms. The molecule has 2 N–H and O–H groups in total. The largest absolute Gasteiger partial charge is 0.489 e. The number of carbonyl (C=O) groups is 2. The van der Waals surface area contributed by atoms with Gasteiger partial charge >= 0.3 is 0 Å². The summed E-state index contributed by atoms with van der Waals surface area (Å²) in [4.78, 5) is 23.7. The smallest absolute Gasteiger partial charge is 0.254 e. The predicted molar refractivity (Wildman–Crippen MR) is 96.8 cm³/mol. The van der Waals surface area contributed by atoms with Gasteiger partial charge < -0.3 is 19.8 Å². The van der Waals surface area contributed by atoms with E-state index < -0.39 is 5.91 Å². The van der Waals surface area contributed by atoms with E-state index in [9.17, 15) is 14.0 Å². The summed E-state index contributed by atoms with van der Waals surface area (Å²) in [6, 6.07) is 14.4. The fraction of sp³-hybridized carbons (Fsp3) is 0.100. The van der Waals surface area contributed by atoms with Crippen LogP contribution in [0.1, 0.15) is 15.9 Å². The SMILES string of the molecule is O=C(CNC(=O)c1ccoc1)Nc1cccc(OCc2ccc(F)cc2)c1. The van der Waals surface area contributed by atoms with Crippen molar-refractivity contribution in [3.63, 3.8) is 0 Å². The highest BCUT2D eigenvalue weighted by atomic mass is 19.1. The third kappa shape index (κ3) is 5.43. The first-order valence-electron chi connectivity index (χ1n) is 8.18. The fourth-order valence-electron chi connectivity index (χ4n) is 2.27. The molecule has 27 heavy (non-hydrogen) atoms. The quantitative estimate of drug-likeness (QED) is 0.670. The van der Waals surface area contributed by atoms with Crippen LogP contribution in [0.5, 0.6) is 5.75 Å². The van der Waals surface area contributed by atoms with Gasteiger partial charge in [-0.3, -0.25) is 9.59 Å². The Morgan fingerprint density at radius 1 is 1.07 bits per heavy atom. The summed E-state index contributed by atoms with van der Waals surface area (Å²) in [5, 5.41) is 5.18. The Bertz CT molecular complexity index is 908. The maximum atomic E-state index is 12.9. The Labute approximate surface area is 155 Å². The van der Waals surface area contributed by atoms with Gasteiger partial charge in [-0.1, -0.05) is 18.2 Å². The Hall–Kier alpha value is -3.61. The highest BCUT2D eigenvalue weighted by Crippen LogP contribution is 2.18. The molecule has 0 aliphatic carbocycles. The topological polar surface area (TPSA) is 80.6 Å². The molecule has 7 heteroatoms. The molecule has 2 amide bonds. The van der Waals surface area contributed by atoms with Gasteiger partial charge in [0.25, 0.3) is 5.91 Å². The lowest BCUT2D eigenvalue weighted by Crippen LogP contribution is -2.32. The van der Waals surface area contributed by atoms with Gasteiger partial charge in [0.2, 0.25) is 5.91 Å². The lowest BCUT2D eigenvalue weighted by atomic mass is 10.2. The number of halogens is 1. The summed E-state index contributed by atoms with van der Waals surface area (Å²) in [6.07, 6.45) is 2.68. The molecule has 1 heterocycles. The molecule has 3 aromatic rings. The zero-order chi connectivity index (χ0) is 19.1. The maximum absolute atomic E-state index is 12.9. The number of rotatable bonds is 7. The Kier molecular flexibility index (Phi) is 5.84. The predicted octanol–water partition coefficient (Wildman–Crippen LogP) is 3.37. The number of hydrogen-bond acceptors (Lipinski definition) is 4. The van der Waals surface area contributed by atoms with Crippen LogP contribution in [0, 0.1) is 5.82 Å². The Morgan fingerprint density at radius 3 is 2.63 bits per heavy atom. The first-order valence-corrected chi connectivity index (χ1v) is 8.18. The summed E-state index contributed by atoms with van der Waals surface area (Å²) < 4.78 is 23.4. The second kappa shape index (κ2) is 8.66. The van der Waals surface area contributed by atoms with Crippen molar-refractivity contribution >= 4 is 17.5 Å². The minimum absolute atomic E-state index is 0.176. The van der Waals surface area contributed by atoms with Crippen molar-refractivity contribution in [2.45, 2.75) is 6.61 Å². The van der Waals surface area contributed by atoms with Crippen LogP contribution < -0.4 is 15.4 Å². The van der Waals surface area contributed by atoms with E-state index in [0.29, 0.717) is 17.0 Å². The van der Waals surface area contributed by atoms with E-state index in [4.69, 9.17) is 9.15 Å². The summed E-state index contributed by atoms with van der Waals surface area (Å²) in [5.41, 5.74) is 1.71. The molecule has 138 valence electrons. The molecule has 1 aromatic heterocycles. The lowest BCUT2D eigenvalue weighted by molar-refractivity contribution is -0.115. The second-order valence-electron chi connectivity index (χ2n) is 5.69. The van der Waals surface area contributed by atoms with Gasteiger partial charge in [-0.25, -0.2) is 4.39 Å². The number of amides is 2. The molecule has 0 atom stereocenters. The zero-order valence-corrected chi connectivity index (χ0v) is 14.3. The average molecular weight is 368 g/mol. The van der Waals surface area contributed by atoms with Gasteiger partial charge in [-0.2, -0.15) is 0 Å². The van der Waals surface area contributed by atoms with E-state index in [2.05, 4.69) is 10.6 Å². The molecule has 0 aliphatic heterocycles. The highest BCUT2D eigenvalue weighted by molar-refractivity contribution is 5.99. The van der Waals surface area contributed by atoms with Crippen LogP contribution in [0.3, 0.4) is 0 Å². The molecule has 0 unspecified atom stereocenters. The van der Waals surface area contributed by atoms with Crippen LogP contribution in [-0.4, -0.2) is 18.4 Å². The molecule has 2 aromatic carbocycles. The van der Waals surface area contributed by atoms with Gasteiger partial charge in [-0.15, -0.1) is 0 Å². The van der Waals surface area contributed by atoms with Crippen LogP contribution in [-0.2, 0) is 11.4 Å². The maximum Gasteiger partial charge on any atom is 0.254 e. The third-order valence-corrected chi connectivity index (χ3v) is 3.63. The highest BCUT2D eigenvalue weighted by Gasteiger charge is 2.09. The van der Waals surface area contributed by atoms with Crippen molar-refractivity contribution in [3.05, 3.63) is 84.1 Å². The summed E-state index contributed by atoms with van der Waals surface area (Å²) in [7, 11) is 0. The fourth-order valence-corrected chi connectivity index (χ4v) is 2.27. The monoisotopic (exact) mass is 368 g/mol. The number of ether oxygens (including phenoxy) is 1. The van der Waals surface area contributed by atoms with Crippen molar-refractivity contribution in [2.24, 2.45) is 0 Å². The van der Waals surface area contributed by atoms with Gasteiger partial charge in [0.15, 0.2) is 0 Å². The van der Waals surface area contributed by atoms with E-state index in [-0.39, 0.29) is 24.9 Å². The van der Waals surface area contributed by atoms with Crippen LogP contribution in [0.25, 0.3) is 0 Å². The molecule has 0 aliphatic rings. The molecular formula is C20H17FN2O4. The third-order valence-electron chi connectivity index (χ3n) is 3.63. The standard InChI is InChI=1S/C20H17FN2O4/c21-16-6-4-14(5-7-16)12-27-18-3-1-2-17(10-18)23-19(24)11-22-20(25)15-8-9-26-13-15/h1-10,13H,11-12H2,(H,22,25)(H,23,24). The van der Waals surface area contributed by atoms with Crippen molar-refractivity contribution in [1.82, 2.24) is 5.32 Å². The van der Waals surface area contributed by atoms with Crippen LogP contribution in [0.4, 0.5) is 10.1 Å². The molecule has 0 fully saturated rings. The molecule has 0 saturated carbocycles. The normalized spacial score (nSPS) is 10.3. The molecule has 6 nitrogen and oxygen atoms in total. The number of hydrogen-bond donors (Lipinski definition) is 2. The van der Waals surface area contributed by atoms with E-state index in [1.165, 1.54) is 30.7 Å². The number of nitrogens with one attached hydrogen (secondary N) is 2. The Balaban J connectivity index is 1.50. The molecule has 0 radical (unpaired) electrons. The van der Waals surface area contributed by atoms with Crippen LogP contribution in [0.2, 0.25) is 0 Å². The summed E-state index contributed by atoms with van der Waals surface area (Å²) in [6.45, 7) is 0.100. The van der Waals surface area contributed by atoms with Crippen molar-refractivity contribution in [1.29, 1.82) is 0 Å². The van der Waals surface area contributed by atoms with Gasteiger partial charge in [-0.05, 0) is 35.9 Å². The van der Waals surface area contributed by atoms with Gasteiger partial charge in [0, 0.05) is 11.8 Å². The first kappa shape index (κ1) is 18.2. The Morgan fingerprint density at radius 2 is 1.89 bits per heavy atom. The molecule has 0 bridgehead atoms. The molecule has 0 saturated heterocycles. The van der Waals surface area contributed by atoms with E-state index in [1.54, 1.807) is 36.4 Å². The first-order chi connectivity index (χ1) is 13.1. The van der Waals surface area contributed by atoms with Gasteiger partial charge in [0.05, 0.1) is 18.4 Å². The van der Waals surface area contributed by atoms with E-state index in [0.717, 1.165) is 5.56 Å². The minimum atomic E-state index is -0.393. The van der Waals surface area contributed by atoms with Crippen molar-refractivity contribution in [3.8, 4) is 5.75 Å². The summed E-state index contributed by atoms with van der Waals surface area (Å²) >= 11 is 0. The number of furan rings is 1. The average Bonchev–Trinajstić information content (AvgIpc) is 3.21. The van der Waals surface area contributed by atoms with Gasteiger partial charge in [0.1, 0.15) is 24.4 Å². The molecule has 3 rings (SSSR count). The number of carbonyl (C=O) groups excluding carboxylic acids is 2. The lowest BCUT2D eigenvalue weighted by Gasteiger charge is -2.10. The van der Waals surface area contributed by atoms with E-state index >= 15 is 0 Å².